The van der Waals surface area contributed by atoms with Crippen molar-refractivity contribution in [3.63, 3.8) is 0 Å². The van der Waals surface area contributed by atoms with Gasteiger partial charge in [-0.15, -0.1) is 4.72 Å². The number of aromatic nitrogens is 1. The normalized spacial score (nSPS) is 17.9. The highest BCUT2D eigenvalue weighted by Crippen LogP contribution is 2.35. The molecule has 2 aromatic rings. The van der Waals surface area contributed by atoms with Crippen LogP contribution in [0.25, 0.3) is 0 Å². The molecule has 0 saturated heterocycles. The molecule has 0 aliphatic heterocycles. The van der Waals surface area contributed by atoms with E-state index in [0.717, 1.165) is 30.4 Å². The zero-order valence-corrected chi connectivity index (χ0v) is 18.0. The molecule has 28 heavy (non-hydrogen) atoms. The maximum absolute atomic E-state index is 13.3. The zero-order chi connectivity index (χ0) is 20.6. The Morgan fingerprint density at radius 2 is 2.11 bits per heavy atom. The van der Waals surface area contributed by atoms with Crippen molar-refractivity contribution in [2.45, 2.75) is 50.8 Å². The SMILES string of the molecule is Cn1cc2c(c1C(=O)Nc1ccc(F)c(Cl)c1)CCC[C@@H]2N[S@@+]([O-])C(C)(C)C. The molecule has 0 unspecified atom stereocenters. The number of carbonyl (C=O) groups is 1. The Hall–Kier alpha value is -1.54. The van der Waals surface area contributed by atoms with E-state index in [1.165, 1.54) is 18.2 Å². The smallest absolute Gasteiger partial charge is 0.272 e. The first kappa shape index (κ1) is 21.2. The molecule has 1 aromatic heterocycles. The fourth-order valence-electron chi connectivity index (χ4n) is 3.39. The van der Waals surface area contributed by atoms with Crippen molar-refractivity contribution in [1.29, 1.82) is 0 Å². The van der Waals surface area contributed by atoms with E-state index in [2.05, 4.69) is 10.0 Å². The van der Waals surface area contributed by atoms with Crippen LogP contribution in [0.4, 0.5) is 10.1 Å². The summed E-state index contributed by atoms with van der Waals surface area (Å²) in [6.45, 7) is 5.78. The fourth-order valence-corrected chi connectivity index (χ4v) is 4.43. The van der Waals surface area contributed by atoms with E-state index in [1.807, 2.05) is 34.0 Å². The van der Waals surface area contributed by atoms with Crippen molar-refractivity contribution >= 4 is 34.6 Å². The van der Waals surface area contributed by atoms with Gasteiger partial charge >= 0.3 is 0 Å². The Kier molecular flexibility index (Phi) is 6.10. The highest BCUT2D eigenvalue weighted by Gasteiger charge is 2.34. The first-order valence-corrected chi connectivity index (χ1v) is 10.7. The largest absolute Gasteiger partial charge is 0.598 e. The highest BCUT2D eigenvalue weighted by atomic mass is 35.5. The topological polar surface area (TPSA) is 69.1 Å². The third kappa shape index (κ3) is 4.38. The average molecular weight is 426 g/mol. The third-order valence-corrected chi connectivity index (χ3v) is 6.71. The number of fused-ring (bicyclic) bond motifs is 1. The van der Waals surface area contributed by atoms with Crippen LogP contribution < -0.4 is 10.0 Å². The van der Waals surface area contributed by atoms with Gasteiger partial charge in [0.15, 0.2) is 0 Å². The number of amides is 1. The third-order valence-electron chi connectivity index (χ3n) is 4.81. The molecule has 3 rings (SSSR count). The molecule has 1 heterocycles. The molecule has 2 N–H and O–H groups in total. The van der Waals surface area contributed by atoms with Crippen molar-refractivity contribution in [1.82, 2.24) is 9.29 Å². The second kappa shape index (κ2) is 8.06. The number of aryl methyl sites for hydroxylation is 1. The minimum absolute atomic E-state index is 0.0411. The van der Waals surface area contributed by atoms with Gasteiger partial charge in [-0.1, -0.05) is 11.6 Å². The average Bonchev–Trinajstić information content (AvgIpc) is 2.94. The molecule has 152 valence electrons. The highest BCUT2D eigenvalue weighted by molar-refractivity contribution is 7.90. The number of nitrogens with one attached hydrogen (secondary N) is 2. The van der Waals surface area contributed by atoms with Gasteiger partial charge in [0.05, 0.1) is 11.1 Å². The minimum Gasteiger partial charge on any atom is -0.598 e. The molecule has 0 bridgehead atoms. The predicted octanol–water partition coefficient (Wildman–Crippen LogP) is 4.50. The van der Waals surface area contributed by atoms with E-state index >= 15 is 0 Å². The maximum Gasteiger partial charge on any atom is 0.272 e. The summed E-state index contributed by atoms with van der Waals surface area (Å²) in [7, 11) is 1.82. The van der Waals surface area contributed by atoms with Gasteiger partial charge < -0.3 is 14.4 Å². The van der Waals surface area contributed by atoms with Crippen LogP contribution >= 0.6 is 11.6 Å². The lowest BCUT2D eigenvalue weighted by Crippen LogP contribution is -2.42. The number of carbonyl (C=O) groups excluding carboxylic acids is 1. The molecule has 1 aliphatic carbocycles. The molecule has 2 atom stereocenters. The van der Waals surface area contributed by atoms with Crippen molar-refractivity contribution in [3.8, 4) is 0 Å². The summed E-state index contributed by atoms with van der Waals surface area (Å²) in [6.07, 6.45) is 4.48. The number of hydrogen-bond acceptors (Lipinski definition) is 3. The van der Waals surface area contributed by atoms with Crippen LogP contribution in [-0.4, -0.2) is 19.8 Å². The summed E-state index contributed by atoms with van der Waals surface area (Å²) in [6, 6.07) is 4.03. The molecule has 5 nitrogen and oxygen atoms in total. The number of halogens is 2. The Morgan fingerprint density at radius 3 is 2.75 bits per heavy atom. The Bertz CT molecular complexity index is 894. The monoisotopic (exact) mass is 425 g/mol. The van der Waals surface area contributed by atoms with Gasteiger partial charge in [-0.2, -0.15) is 0 Å². The van der Waals surface area contributed by atoms with E-state index in [-0.39, 0.29) is 21.7 Å². The quantitative estimate of drug-likeness (QED) is 0.708. The molecule has 8 heteroatoms. The number of hydrogen-bond donors (Lipinski definition) is 2. The molecule has 1 amide bonds. The lowest BCUT2D eigenvalue weighted by atomic mass is 9.90. The summed E-state index contributed by atoms with van der Waals surface area (Å²) in [5.41, 5.74) is 2.96. The van der Waals surface area contributed by atoms with Crippen LogP contribution in [0, 0.1) is 5.82 Å². The van der Waals surface area contributed by atoms with Gasteiger partial charge in [-0.3, -0.25) is 4.79 Å². The van der Waals surface area contributed by atoms with Gasteiger partial charge in [-0.05, 0) is 69.4 Å². The summed E-state index contributed by atoms with van der Waals surface area (Å²) in [4.78, 5) is 12.9. The number of anilines is 1. The lowest BCUT2D eigenvalue weighted by molar-refractivity contribution is 0.101. The second-order valence-corrected chi connectivity index (χ2v) is 10.5. The maximum atomic E-state index is 13.3. The first-order chi connectivity index (χ1) is 13.1. The Balaban J connectivity index is 1.85. The molecule has 0 spiro atoms. The summed E-state index contributed by atoms with van der Waals surface area (Å²) in [5.74, 6) is -0.805. The number of rotatable bonds is 4. The van der Waals surface area contributed by atoms with Crippen LogP contribution in [0.15, 0.2) is 24.4 Å². The van der Waals surface area contributed by atoms with Crippen LogP contribution in [0.2, 0.25) is 5.02 Å². The molecule has 0 saturated carbocycles. The summed E-state index contributed by atoms with van der Waals surface area (Å²) < 4.78 is 30.5. The number of nitrogens with zero attached hydrogens (tertiary/aromatic N) is 1. The van der Waals surface area contributed by atoms with Crippen LogP contribution in [0.1, 0.15) is 61.3 Å². The molecular formula is C20H25ClFN3O2S. The minimum atomic E-state index is -1.20. The van der Waals surface area contributed by atoms with E-state index in [9.17, 15) is 13.7 Å². The molecular weight excluding hydrogens is 401 g/mol. The van der Waals surface area contributed by atoms with Crippen molar-refractivity contribution in [2.24, 2.45) is 7.05 Å². The van der Waals surface area contributed by atoms with Gasteiger partial charge in [0.2, 0.25) is 0 Å². The first-order valence-electron chi connectivity index (χ1n) is 9.20. The van der Waals surface area contributed by atoms with Gasteiger partial charge in [0.25, 0.3) is 5.91 Å². The predicted molar refractivity (Wildman–Crippen MR) is 111 cm³/mol. The fraction of sp³-hybridized carbons (Fsp3) is 0.450. The second-order valence-electron chi connectivity index (χ2n) is 8.05. The van der Waals surface area contributed by atoms with Crippen molar-refractivity contribution < 1.29 is 13.7 Å². The molecule has 0 radical (unpaired) electrons. The van der Waals surface area contributed by atoms with E-state index in [1.54, 1.807) is 4.57 Å². The van der Waals surface area contributed by atoms with Crippen LogP contribution in [0.5, 0.6) is 0 Å². The Morgan fingerprint density at radius 1 is 1.39 bits per heavy atom. The molecule has 0 fully saturated rings. The van der Waals surface area contributed by atoms with Gasteiger partial charge in [-0.25, -0.2) is 4.39 Å². The van der Waals surface area contributed by atoms with E-state index in [4.69, 9.17) is 11.6 Å². The van der Waals surface area contributed by atoms with E-state index < -0.39 is 17.2 Å². The van der Waals surface area contributed by atoms with Crippen molar-refractivity contribution in [3.05, 3.63) is 52.1 Å². The number of benzene rings is 1. The van der Waals surface area contributed by atoms with Crippen molar-refractivity contribution in [2.75, 3.05) is 5.32 Å². The van der Waals surface area contributed by atoms with Crippen LogP contribution in [-0.2, 0) is 24.8 Å². The van der Waals surface area contributed by atoms with Gasteiger partial charge in [0, 0.05) is 30.3 Å². The summed E-state index contributed by atoms with van der Waals surface area (Å²) >= 11 is 4.61. The standard InChI is InChI=1S/C20H25ClFN3O2S/c1-20(2,3)28(27)24-17-7-5-6-13-14(17)11-25(4)18(13)19(26)23-12-8-9-16(22)15(21)10-12/h8-11,17,24H,5-7H2,1-4H3,(H,23,26)/t17-,28-/m0/s1. The summed E-state index contributed by atoms with van der Waals surface area (Å²) in [5, 5.41) is 2.75. The van der Waals surface area contributed by atoms with Gasteiger partial charge in [0.1, 0.15) is 16.3 Å². The molecule has 1 aliphatic rings. The van der Waals surface area contributed by atoms with Crippen LogP contribution in [0.3, 0.4) is 0 Å². The zero-order valence-electron chi connectivity index (χ0n) is 16.4. The molecule has 1 aromatic carbocycles. The van der Waals surface area contributed by atoms with E-state index in [0.29, 0.717) is 11.4 Å². The Labute approximate surface area is 173 Å². The lowest BCUT2D eigenvalue weighted by Gasteiger charge is -2.30.